The highest BCUT2D eigenvalue weighted by Gasteiger charge is 2.15. The monoisotopic (exact) mass is 336 g/mol. The molecule has 2 aromatic carbocycles. The molecule has 0 bridgehead atoms. The third-order valence-corrected chi connectivity index (χ3v) is 3.65. The number of halogens is 1. The maximum absolute atomic E-state index is 9.98. The highest BCUT2D eigenvalue weighted by Crippen LogP contribution is 2.33. The van der Waals surface area contributed by atoms with Crippen molar-refractivity contribution in [3.63, 3.8) is 0 Å². The predicted octanol–water partition coefficient (Wildman–Crippen LogP) is 2.67. The molecule has 122 valence electrons. The average Bonchev–Trinajstić information content (AvgIpc) is 2.56. The first-order valence-electron chi connectivity index (χ1n) is 6.69. The summed E-state index contributed by atoms with van der Waals surface area (Å²) < 4.78 is 10.4. The molecule has 0 spiro atoms. The van der Waals surface area contributed by atoms with Crippen molar-refractivity contribution in [3.05, 3.63) is 46.5 Å². The topological polar surface area (TPSA) is 97.3 Å². The van der Waals surface area contributed by atoms with Crippen LogP contribution in [-0.2, 0) is 6.42 Å². The fraction of sp³-hybridized carbons (Fsp3) is 0.188. The number of ether oxygens (including phenoxy) is 2. The van der Waals surface area contributed by atoms with Crippen molar-refractivity contribution in [2.75, 3.05) is 14.2 Å². The van der Waals surface area contributed by atoms with Crippen LogP contribution in [-0.4, -0.2) is 30.1 Å². The Morgan fingerprint density at radius 2 is 1.78 bits per heavy atom. The maximum Gasteiger partial charge on any atom is 0.160 e. The zero-order valence-corrected chi connectivity index (χ0v) is 13.5. The normalized spacial score (nSPS) is 11.3. The average molecular weight is 337 g/mol. The number of nitrogens with two attached hydrogens (primary N) is 1. The SMILES string of the molecule is COc1ccc(C/C(=N/N)c2cc(Cl)c(O)cc2O)cc1OC. The minimum Gasteiger partial charge on any atom is -0.507 e. The second-order valence-electron chi connectivity index (χ2n) is 4.76. The van der Waals surface area contributed by atoms with E-state index in [4.69, 9.17) is 26.9 Å². The van der Waals surface area contributed by atoms with E-state index in [0.29, 0.717) is 29.2 Å². The third-order valence-electron chi connectivity index (χ3n) is 3.35. The molecule has 23 heavy (non-hydrogen) atoms. The van der Waals surface area contributed by atoms with E-state index in [0.717, 1.165) is 11.6 Å². The summed E-state index contributed by atoms with van der Waals surface area (Å²) in [5.74, 6) is 6.27. The van der Waals surface area contributed by atoms with Crippen LogP contribution in [0.3, 0.4) is 0 Å². The summed E-state index contributed by atoms with van der Waals surface area (Å²) in [4.78, 5) is 0. The maximum atomic E-state index is 9.98. The molecule has 0 atom stereocenters. The van der Waals surface area contributed by atoms with Crippen LogP contribution >= 0.6 is 11.6 Å². The van der Waals surface area contributed by atoms with E-state index in [2.05, 4.69) is 5.10 Å². The Hall–Kier alpha value is -2.60. The van der Waals surface area contributed by atoms with E-state index in [9.17, 15) is 10.2 Å². The molecule has 0 radical (unpaired) electrons. The summed E-state index contributed by atoms with van der Waals surface area (Å²) >= 11 is 5.88. The molecule has 0 heterocycles. The lowest BCUT2D eigenvalue weighted by atomic mass is 10.0. The first-order valence-corrected chi connectivity index (χ1v) is 7.07. The van der Waals surface area contributed by atoms with Crippen LogP contribution in [0.4, 0.5) is 0 Å². The minimum absolute atomic E-state index is 0.103. The van der Waals surface area contributed by atoms with Gasteiger partial charge in [-0.1, -0.05) is 17.7 Å². The molecule has 0 amide bonds. The predicted molar refractivity (Wildman–Crippen MR) is 88.8 cm³/mol. The van der Waals surface area contributed by atoms with Gasteiger partial charge in [0.2, 0.25) is 0 Å². The number of nitrogens with zero attached hydrogens (tertiary/aromatic N) is 1. The highest BCUT2D eigenvalue weighted by atomic mass is 35.5. The number of hydrazone groups is 1. The fourth-order valence-electron chi connectivity index (χ4n) is 2.18. The summed E-state index contributed by atoms with van der Waals surface area (Å²) in [7, 11) is 3.10. The summed E-state index contributed by atoms with van der Waals surface area (Å²) in [5.41, 5.74) is 1.62. The Morgan fingerprint density at radius 1 is 1.09 bits per heavy atom. The molecule has 2 rings (SSSR count). The Bertz CT molecular complexity index is 747. The van der Waals surface area contributed by atoms with Gasteiger partial charge >= 0.3 is 0 Å². The fourth-order valence-corrected chi connectivity index (χ4v) is 2.34. The number of hydrogen-bond acceptors (Lipinski definition) is 6. The Kier molecular flexibility index (Phi) is 5.18. The van der Waals surface area contributed by atoms with Crippen molar-refractivity contribution in [2.24, 2.45) is 10.9 Å². The van der Waals surface area contributed by atoms with E-state index in [-0.39, 0.29) is 16.5 Å². The highest BCUT2D eigenvalue weighted by molar-refractivity contribution is 6.32. The molecular formula is C16H17ClN2O4. The standard InChI is InChI=1S/C16H17ClN2O4/c1-22-15-4-3-9(6-16(15)23-2)5-12(19-18)10-7-11(17)14(21)8-13(10)20/h3-4,6-8,20-21H,5,18H2,1-2H3/b19-12-. The molecule has 0 saturated heterocycles. The molecule has 0 aliphatic rings. The molecule has 0 fully saturated rings. The number of hydrogen-bond donors (Lipinski definition) is 3. The zero-order valence-electron chi connectivity index (χ0n) is 12.7. The third kappa shape index (κ3) is 3.60. The van der Waals surface area contributed by atoms with Crippen molar-refractivity contribution in [3.8, 4) is 23.0 Å². The Labute approximate surface area is 138 Å². The first kappa shape index (κ1) is 16.8. The van der Waals surface area contributed by atoms with Gasteiger partial charge in [0.25, 0.3) is 0 Å². The lowest BCUT2D eigenvalue weighted by molar-refractivity contribution is 0.354. The van der Waals surface area contributed by atoms with Crippen LogP contribution in [0.5, 0.6) is 23.0 Å². The number of methoxy groups -OCH3 is 2. The van der Waals surface area contributed by atoms with Crippen molar-refractivity contribution >= 4 is 17.3 Å². The Morgan fingerprint density at radius 3 is 2.39 bits per heavy atom. The number of phenols is 2. The lowest BCUT2D eigenvalue weighted by Crippen LogP contribution is -2.09. The summed E-state index contributed by atoms with van der Waals surface area (Å²) in [5, 5.41) is 23.3. The molecule has 0 unspecified atom stereocenters. The van der Waals surface area contributed by atoms with Crippen LogP contribution in [0.2, 0.25) is 5.02 Å². The molecule has 0 aromatic heterocycles. The molecule has 2 aromatic rings. The van der Waals surface area contributed by atoms with Gasteiger partial charge in [-0.2, -0.15) is 5.10 Å². The first-order chi connectivity index (χ1) is 11.0. The zero-order chi connectivity index (χ0) is 17.0. The van der Waals surface area contributed by atoms with Gasteiger partial charge in [-0.25, -0.2) is 0 Å². The Balaban J connectivity index is 2.36. The number of aromatic hydroxyl groups is 2. The van der Waals surface area contributed by atoms with Gasteiger partial charge in [-0.15, -0.1) is 0 Å². The van der Waals surface area contributed by atoms with Crippen molar-refractivity contribution in [1.29, 1.82) is 0 Å². The number of benzene rings is 2. The molecule has 0 aliphatic carbocycles. The second-order valence-corrected chi connectivity index (χ2v) is 5.17. The van der Waals surface area contributed by atoms with Crippen LogP contribution in [0.25, 0.3) is 0 Å². The van der Waals surface area contributed by atoms with E-state index < -0.39 is 0 Å². The molecule has 0 saturated carbocycles. The quantitative estimate of drug-likeness (QED) is 0.443. The van der Waals surface area contributed by atoms with Crippen molar-refractivity contribution in [2.45, 2.75) is 6.42 Å². The summed E-state index contributed by atoms with van der Waals surface area (Å²) in [6.45, 7) is 0. The minimum atomic E-state index is -0.213. The van der Waals surface area contributed by atoms with Gasteiger partial charge in [0.05, 0.1) is 25.0 Å². The van der Waals surface area contributed by atoms with Gasteiger partial charge < -0.3 is 25.5 Å². The van der Waals surface area contributed by atoms with Gasteiger partial charge in [0.1, 0.15) is 11.5 Å². The molecule has 4 N–H and O–H groups in total. The van der Waals surface area contributed by atoms with Gasteiger partial charge in [0, 0.05) is 18.1 Å². The van der Waals surface area contributed by atoms with Crippen LogP contribution in [0, 0.1) is 0 Å². The van der Waals surface area contributed by atoms with Crippen molar-refractivity contribution in [1.82, 2.24) is 0 Å². The van der Waals surface area contributed by atoms with E-state index >= 15 is 0 Å². The summed E-state index contributed by atoms with van der Waals surface area (Å²) in [6.07, 6.45) is 0.339. The van der Waals surface area contributed by atoms with Gasteiger partial charge in [-0.3, -0.25) is 0 Å². The molecule has 0 aliphatic heterocycles. The summed E-state index contributed by atoms with van der Waals surface area (Å²) in [6, 6.07) is 7.97. The van der Waals surface area contributed by atoms with Crippen LogP contribution in [0.15, 0.2) is 35.4 Å². The van der Waals surface area contributed by atoms with E-state index in [1.165, 1.54) is 6.07 Å². The van der Waals surface area contributed by atoms with Crippen LogP contribution < -0.4 is 15.3 Å². The number of phenolic OH excluding ortho intramolecular Hbond substituents is 2. The molecular weight excluding hydrogens is 320 g/mol. The van der Waals surface area contributed by atoms with Gasteiger partial charge in [-0.05, 0) is 23.8 Å². The lowest BCUT2D eigenvalue weighted by Gasteiger charge is -2.12. The van der Waals surface area contributed by atoms with E-state index in [1.807, 2.05) is 6.07 Å². The largest absolute Gasteiger partial charge is 0.507 e. The van der Waals surface area contributed by atoms with Crippen molar-refractivity contribution < 1.29 is 19.7 Å². The number of rotatable bonds is 5. The molecule has 6 nitrogen and oxygen atoms in total. The smallest absolute Gasteiger partial charge is 0.160 e. The van der Waals surface area contributed by atoms with Crippen LogP contribution in [0.1, 0.15) is 11.1 Å². The van der Waals surface area contributed by atoms with E-state index in [1.54, 1.807) is 26.4 Å². The van der Waals surface area contributed by atoms with Gasteiger partial charge in [0.15, 0.2) is 11.5 Å². The molecule has 7 heteroatoms. The second kappa shape index (κ2) is 7.11.